The quantitative estimate of drug-likeness (QED) is 0.780. The van der Waals surface area contributed by atoms with Crippen molar-refractivity contribution in [3.63, 3.8) is 0 Å². The number of esters is 1. The molecule has 2 aromatic rings. The third kappa shape index (κ3) is 3.59. The van der Waals surface area contributed by atoms with Gasteiger partial charge in [0.05, 0.1) is 17.7 Å². The van der Waals surface area contributed by atoms with Crippen LogP contribution in [0.5, 0.6) is 0 Å². The van der Waals surface area contributed by atoms with Crippen LogP contribution in [-0.4, -0.2) is 28.0 Å². The summed E-state index contributed by atoms with van der Waals surface area (Å²) in [4.78, 5) is 12.0. The molecule has 0 radical (unpaired) electrons. The third-order valence-electron chi connectivity index (χ3n) is 3.80. The number of hydrogen-bond acceptors (Lipinski definition) is 4. The number of benzene rings is 2. The van der Waals surface area contributed by atoms with Gasteiger partial charge in [-0.1, -0.05) is 30.3 Å². The fourth-order valence-corrected chi connectivity index (χ4v) is 4.21. The van der Waals surface area contributed by atoms with Gasteiger partial charge in [0.25, 0.3) is 10.0 Å². The van der Waals surface area contributed by atoms with Crippen LogP contribution in [-0.2, 0) is 19.6 Å². The topological polar surface area (TPSA) is 63.7 Å². The third-order valence-corrected chi connectivity index (χ3v) is 5.70. The van der Waals surface area contributed by atoms with Crippen molar-refractivity contribution in [2.75, 3.05) is 18.0 Å². The van der Waals surface area contributed by atoms with E-state index >= 15 is 0 Å². The molecular formula is C18H21NO4S. The fraction of sp³-hybridized carbons (Fsp3) is 0.278. The Morgan fingerprint density at radius 1 is 1.04 bits per heavy atom. The van der Waals surface area contributed by atoms with Crippen LogP contribution in [0.25, 0.3) is 0 Å². The maximum Gasteiger partial charge on any atom is 0.326 e. The molecule has 0 spiro atoms. The van der Waals surface area contributed by atoms with Gasteiger partial charge in [-0.15, -0.1) is 0 Å². The molecule has 0 aliphatic rings. The molecular weight excluding hydrogens is 326 g/mol. The number of hydrogen-bond donors (Lipinski definition) is 0. The van der Waals surface area contributed by atoms with Gasteiger partial charge < -0.3 is 4.74 Å². The largest absolute Gasteiger partial charge is 0.468 e. The molecule has 0 bridgehead atoms. The van der Waals surface area contributed by atoms with Crippen molar-refractivity contribution < 1.29 is 17.9 Å². The van der Waals surface area contributed by atoms with Crippen LogP contribution in [0.1, 0.15) is 16.7 Å². The monoisotopic (exact) mass is 347 g/mol. The average molecular weight is 347 g/mol. The van der Waals surface area contributed by atoms with Crippen molar-refractivity contribution in [1.82, 2.24) is 0 Å². The molecule has 0 aliphatic heterocycles. The summed E-state index contributed by atoms with van der Waals surface area (Å²) in [6.45, 7) is 4.99. The average Bonchev–Trinajstić information content (AvgIpc) is 2.55. The number of rotatable bonds is 5. The number of aryl methyl sites for hydroxylation is 3. The van der Waals surface area contributed by atoms with Gasteiger partial charge in [-0.3, -0.25) is 9.10 Å². The number of ether oxygens (including phenoxy) is 1. The summed E-state index contributed by atoms with van der Waals surface area (Å²) >= 11 is 0. The van der Waals surface area contributed by atoms with E-state index in [1.54, 1.807) is 44.2 Å². The molecule has 0 saturated heterocycles. The van der Waals surface area contributed by atoms with Crippen molar-refractivity contribution in [2.24, 2.45) is 0 Å². The molecule has 24 heavy (non-hydrogen) atoms. The molecule has 128 valence electrons. The molecule has 0 N–H and O–H groups in total. The predicted molar refractivity (Wildman–Crippen MR) is 93.6 cm³/mol. The van der Waals surface area contributed by atoms with Gasteiger partial charge in [-0.25, -0.2) is 8.42 Å². The highest BCUT2D eigenvalue weighted by Gasteiger charge is 2.29. The minimum absolute atomic E-state index is 0.189. The summed E-state index contributed by atoms with van der Waals surface area (Å²) in [5.41, 5.74) is 2.69. The van der Waals surface area contributed by atoms with Crippen LogP contribution in [0.3, 0.4) is 0 Å². The highest BCUT2D eigenvalue weighted by atomic mass is 32.2. The van der Waals surface area contributed by atoms with E-state index in [2.05, 4.69) is 4.74 Å². The van der Waals surface area contributed by atoms with Crippen LogP contribution in [0.15, 0.2) is 47.4 Å². The van der Waals surface area contributed by atoms with Gasteiger partial charge in [0, 0.05) is 0 Å². The van der Waals surface area contributed by atoms with Crippen molar-refractivity contribution in [3.8, 4) is 0 Å². The van der Waals surface area contributed by atoms with E-state index in [-0.39, 0.29) is 11.4 Å². The van der Waals surface area contributed by atoms with Crippen LogP contribution in [0.2, 0.25) is 0 Å². The van der Waals surface area contributed by atoms with Gasteiger partial charge in [0.15, 0.2) is 0 Å². The van der Waals surface area contributed by atoms with E-state index in [1.165, 1.54) is 7.11 Å². The Hall–Kier alpha value is -2.34. The highest BCUT2D eigenvalue weighted by Crippen LogP contribution is 2.28. The highest BCUT2D eigenvalue weighted by molar-refractivity contribution is 7.93. The normalized spacial score (nSPS) is 11.2. The van der Waals surface area contributed by atoms with Crippen molar-refractivity contribution in [2.45, 2.75) is 25.7 Å². The molecule has 0 aromatic heterocycles. The zero-order chi connectivity index (χ0) is 17.9. The zero-order valence-corrected chi connectivity index (χ0v) is 15.1. The number of carbonyl (C=O) groups excluding carboxylic acids is 1. The minimum Gasteiger partial charge on any atom is -0.468 e. The Labute approximate surface area is 142 Å². The van der Waals surface area contributed by atoms with E-state index in [1.807, 2.05) is 19.1 Å². The summed E-state index contributed by atoms with van der Waals surface area (Å²) in [5, 5.41) is 0. The van der Waals surface area contributed by atoms with Crippen molar-refractivity contribution in [3.05, 3.63) is 59.2 Å². The Morgan fingerprint density at radius 2 is 1.71 bits per heavy atom. The lowest BCUT2D eigenvalue weighted by Crippen LogP contribution is -2.37. The molecule has 0 saturated carbocycles. The number of methoxy groups -OCH3 is 1. The first-order chi connectivity index (χ1) is 11.3. The first-order valence-corrected chi connectivity index (χ1v) is 8.94. The molecule has 0 heterocycles. The lowest BCUT2D eigenvalue weighted by atomic mass is 10.2. The fourth-order valence-electron chi connectivity index (χ4n) is 2.43. The second kappa shape index (κ2) is 7.05. The lowest BCUT2D eigenvalue weighted by molar-refractivity contribution is -0.138. The van der Waals surface area contributed by atoms with E-state index in [0.717, 1.165) is 15.4 Å². The molecule has 2 rings (SSSR count). The maximum absolute atomic E-state index is 13.2. The SMILES string of the molecule is COC(=O)CN(c1ccccc1C)S(=O)(=O)c1cc(C)ccc1C. The Morgan fingerprint density at radius 3 is 2.33 bits per heavy atom. The molecule has 6 heteroatoms. The van der Waals surface area contributed by atoms with Crippen LogP contribution in [0.4, 0.5) is 5.69 Å². The van der Waals surface area contributed by atoms with Gasteiger partial charge in [0.2, 0.25) is 0 Å². The predicted octanol–water partition coefficient (Wildman–Crippen LogP) is 2.98. The van der Waals surface area contributed by atoms with Crippen LogP contribution in [0, 0.1) is 20.8 Å². The second-order valence-electron chi connectivity index (χ2n) is 5.64. The maximum atomic E-state index is 13.2. The Balaban J connectivity index is 2.64. The molecule has 0 amide bonds. The summed E-state index contributed by atoms with van der Waals surface area (Å²) in [6.07, 6.45) is 0. The number of anilines is 1. The van der Waals surface area contributed by atoms with E-state index in [4.69, 9.17) is 0 Å². The Bertz CT molecular complexity index is 859. The van der Waals surface area contributed by atoms with Gasteiger partial charge in [-0.2, -0.15) is 0 Å². The smallest absolute Gasteiger partial charge is 0.326 e. The molecule has 0 aliphatic carbocycles. The standard InChI is InChI=1S/C18H21NO4S/c1-13-9-10-15(3)17(11-13)24(21,22)19(12-18(20)23-4)16-8-6-5-7-14(16)2/h5-11H,12H2,1-4H3. The van der Waals surface area contributed by atoms with Gasteiger partial charge >= 0.3 is 5.97 Å². The summed E-state index contributed by atoms with van der Waals surface area (Å²) < 4.78 is 32.2. The van der Waals surface area contributed by atoms with E-state index in [9.17, 15) is 13.2 Å². The zero-order valence-electron chi connectivity index (χ0n) is 14.2. The summed E-state index contributed by atoms with van der Waals surface area (Å²) in [6, 6.07) is 12.3. The van der Waals surface area contributed by atoms with Crippen molar-refractivity contribution >= 4 is 21.7 Å². The van der Waals surface area contributed by atoms with E-state index in [0.29, 0.717) is 11.3 Å². The number of sulfonamides is 1. The lowest BCUT2D eigenvalue weighted by Gasteiger charge is -2.25. The molecule has 0 fully saturated rings. The number of carbonyl (C=O) groups is 1. The molecule has 2 aromatic carbocycles. The number of para-hydroxylation sites is 1. The van der Waals surface area contributed by atoms with Crippen molar-refractivity contribution in [1.29, 1.82) is 0 Å². The van der Waals surface area contributed by atoms with E-state index < -0.39 is 16.0 Å². The van der Waals surface area contributed by atoms with Gasteiger partial charge in [-0.05, 0) is 49.6 Å². The molecule has 0 unspecified atom stereocenters. The second-order valence-corrected chi connectivity index (χ2v) is 7.47. The van der Waals surface area contributed by atoms with Crippen LogP contribution < -0.4 is 4.31 Å². The first kappa shape index (κ1) is 18.0. The minimum atomic E-state index is -3.90. The van der Waals surface area contributed by atoms with Gasteiger partial charge in [0.1, 0.15) is 6.54 Å². The number of nitrogens with zero attached hydrogens (tertiary/aromatic N) is 1. The summed E-state index contributed by atoms with van der Waals surface area (Å²) in [5.74, 6) is -0.618. The summed E-state index contributed by atoms with van der Waals surface area (Å²) in [7, 11) is -2.66. The Kier molecular flexibility index (Phi) is 5.29. The molecule has 5 nitrogen and oxygen atoms in total. The van der Waals surface area contributed by atoms with Crippen LogP contribution >= 0.6 is 0 Å². The molecule has 0 atom stereocenters. The first-order valence-electron chi connectivity index (χ1n) is 7.50.